The monoisotopic (exact) mass is 476 g/mol. The summed E-state index contributed by atoms with van der Waals surface area (Å²) in [5.74, 6) is -0.446. The van der Waals surface area contributed by atoms with E-state index in [0.29, 0.717) is 32.0 Å². The van der Waals surface area contributed by atoms with Crippen molar-refractivity contribution in [2.75, 3.05) is 13.1 Å². The molecule has 2 aliphatic carbocycles. The van der Waals surface area contributed by atoms with Crippen LogP contribution in [0.25, 0.3) is 0 Å². The topological polar surface area (TPSA) is 70.1 Å². The lowest BCUT2D eigenvalue weighted by atomic mass is 9.92. The van der Waals surface area contributed by atoms with Crippen LogP contribution in [-0.2, 0) is 22.5 Å². The Balaban J connectivity index is 1.34. The lowest BCUT2D eigenvalue weighted by molar-refractivity contribution is -0.144. The summed E-state index contributed by atoms with van der Waals surface area (Å²) in [4.78, 5) is 29.6. The van der Waals surface area contributed by atoms with E-state index in [1.165, 1.54) is 11.1 Å². The Kier molecular flexibility index (Phi) is 6.12. The van der Waals surface area contributed by atoms with Crippen molar-refractivity contribution in [2.45, 2.75) is 76.6 Å². The standard InChI is InChI=1S/C29H36N2O4/c1-28(2,3)35-27(34)31(24-16-23(24)20-9-5-4-6-10-20)19-29(13-14-29)18-30-17-22-12-8-7-11-21(22)15-25(30)26(32)33/h4-12,23-25H,13-19H2,1-3H3,(H,32,33)/t23?,24-,25+/m0/s1. The number of benzene rings is 2. The molecule has 5 rings (SSSR count). The van der Waals surface area contributed by atoms with Gasteiger partial charge in [0.25, 0.3) is 0 Å². The average Bonchev–Trinajstić information content (AvgIpc) is 3.73. The summed E-state index contributed by atoms with van der Waals surface area (Å²) in [6.45, 7) is 7.64. The van der Waals surface area contributed by atoms with Crippen LogP contribution in [-0.4, -0.2) is 57.7 Å². The molecule has 0 saturated heterocycles. The van der Waals surface area contributed by atoms with Gasteiger partial charge in [0.2, 0.25) is 0 Å². The van der Waals surface area contributed by atoms with Gasteiger partial charge in [-0.05, 0) is 63.1 Å². The van der Waals surface area contributed by atoms with E-state index in [1.54, 1.807) is 0 Å². The van der Waals surface area contributed by atoms with Crippen molar-refractivity contribution in [3.8, 4) is 0 Å². The molecule has 1 amide bonds. The first-order chi connectivity index (χ1) is 16.6. The molecule has 2 saturated carbocycles. The number of amides is 1. The Labute approximate surface area is 207 Å². The summed E-state index contributed by atoms with van der Waals surface area (Å²) in [6.07, 6.45) is 3.20. The van der Waals surface area contributed by atoms with Crippen LogP contribution in [0.1, 0.15) is 62.6 Å². The highest BCUT2D eigenvalue weighted by molar-refractivity contribution is 5.74. The highest BCUT2D eigenvalue weighted by Gasteiger charge is 2.53. The van der Waals surface area contributed by atoms with Crippen molar-refractivity contribution in [1.82, 2.24) is 9.80 Å². The predicted molar refractivity (Wildman–Crippen MR) is 134 cm³/mol. The van der Waals surface area contributed by atoms with Crippen molar-refractivity contribution in [1.29, 1.82) is 0 Å². The third-order valence-corrected chi connectivity index (χ3v) is 7.65. The summed E-state index contributed by atoms with van der Waals surface area (Å²) in [5.41, 5.74) is 2.94. The van der Waals surface area contributed by atoms with Gasteiger partial charge in [0, 0.05) is 37.0 Å². The number of fused-ring (bicyclic) bond motifs is 1. The maximum absolute atomic E-state index is 13.3. The second-order valence-corrected chi connectivity index (χ2v) is 11.7. The van der Waals surface area contributed by atoms with E-state index in [2.05, 4.69) is 23.1 Å². The normalized spacial score (nSPS) is 24.8. The predicted octanol–water partition coefficient (Wildman–Crippen LogP) is 5.07. The van der Waals surface area contributed by atoms with Crippen molar-refractivity contribution in [2.24, 2.45) is 5.41 Å². The van der Waals surface area contributed by atoms with E-state index in [-0.39, 0.29) is 17.6 Å². The Morgan fingerprint density at radius 2 is 1.71 bits per heavy atom. The number of hydrogen-bond acceptors (Lipinski definition) is 4. The van der Waals surface area contributed by atoms with Gasteiger partial charge in [0.05, 0.1) is 0 Å². The first-order valence-corrected chi connectivity index (χ1v) is 12.7. The maximum Gasteiger partial charge on any atom is 0.410 e. The number of nitrogens with zero attached hydrogens (tertiary/aromatic N) is 2. The molecule has 2 fully saturated rings. The summed E-state index contributed by atoms with van der Waals surface area (Å²) < 4.78 is 5.83. The van der Waals surface area contributed by atoms with E-state index in [4.69, 9.17) is 4.74 Å². The van der Waals surface area contributed by atoms with Gasteiger partial charge < -0.3 is 14.7 Å². The third kappa shape index (κ3) is 5.37. The van der Waals surface area contributed by atoms with Crippen LogP contribution in [0.3, 0.4) is 0 Å². The van der Waals surface area contributed by atoms with Crippen LogP contribution in [0.4, 0.5) is 4.79 Å². The Morgan fingerprint density at radius 1 is 1.06 bits per heavy atom. The van der Waals surface area contributed by atoms with Crippen molar-refractivity contribution < 1.29 is 19.4 Å². The SMILES string of the molecule is CC(C)(C)OC(=O)N(CC1(CN2Cc3ccccc3C[C@@H]2C(=O)O)CC1)[C@H]1CC1c1ccccc1. The fourth-order valence-corrected chi connectivity index (χ4v) is 5.54. The van der Waals surface area contributed by atoms with Crippen LogP contribution in [0.15, 0.2) is 54.6 Å². The number of rotatable bonds is 7. The molecule has 2 aromatic carbocycles. The first kappa shape index (κ1) is 23.9. The highest BCUT2D eigenvalue weighted by Crippen LogP contribution is 2.52. The van der Waals surface area contributed by atoms with Gasteiger partial charge in [-0.3, -0.25) is 9.69 Å². The zero-order valence-electron chi connectivity index (χ0n) is 20.9. The molecule has 3 atom stereocenters. The van der Waals surface area contributed by atoms with Crippen molar-refractivity contribution >= 4 is 12.1 Å². The molecule has 3 aliphatic rings. The van der Waals surface area contributed by atoms with E-state index >= 15 is 0 Å². The molecule has 1 N–H and O–H groups in total. The quantitative estimate of drug-likeness (QED) is 0.604. The van der Waals surface area contributed by atoms with Crippen LogP contribution >= 0.6 is 0 Å². The molecule has 0 aromatic heterocycles. The van der Waals surface area contributed by atoms with Gasteiger partial charge in [0.15, 0.2) is 0 Å². The number of hydrogen-bond donors (Lipinski definition) is 1. The van der Waals surface area contributed by atoms with E-state index < -0.39 is 17.6 Å². The van der Waals surface area contributed by atoms with Crippen molar-refractivity contribution in [3.63, 3.8) is 0 Å². The summed E-state index contributed by atoms with van der Waals surface area (Å²) in [6, 6.07) is 18.1. The molecule has 6 heteroatoms. The summed E-state index contributed by atoms with van der Waals surface area (Å²) in [7, 11) is 0. The molecule has 6 nitrogen and oxygen atoms in total. The fourth-order valence-electron chi connectivity index (χ4n) is 5.54. The zero-order chi connectivity index (χ0) is 24.8. The largest absolute Gasteiger partial charge is 0.480 e. The second-order valence-electron chi connectivity index (χ2n) is 11.7. The third-order valence-electron chi connectivity index (χ3n) is 7.65. The summed E-state index contributed by atoms with van der Waals surface area (Å²) >= 11 is 0. The van der Waals surface area contributed by atoms with Gasteiger partial charge >= 0.3 is 12.1 Å². The smallest absolute Gasteiger partial charge is 0.410 e. The first-order valence-electron chi connectivity index (χ1n) is 12.7. The number of carboxylic acids is 1. The number of carbonyl (C=O) groups is 2. The molecule has 0 bridgehead atoms. The Hall–Kier alpha value is -2.86. The lowest BCUT2D eigenvalue weighted by Gasteiger charge is -2.38. The minimum absolute atomic E-state index is 0.0826. The average molecular weight is 477 g/mol. The van der Waals surface area contributed by atoms with E-state index in [9.17, 15) is 14.7 Å². The molecule has 1 heterocycles. The second kappa shape index (κ2) is 8.98. The minimum atomic E-state index is -0.773. The van der Waals surface area contributed by atoms with E-state index in [1.807, 2.05) is 62.1 Å². The van der Waals surface area contributed by atoms with Gasteiger partial charge in [-0.15, -0.1) is 0 Å². The van der Waals surface area contributed by atoms with Gasteiger partial charge in [-0.25, -0.2) is 4.79 Å². The highest BCUT2D eigenvalue weighted by atomic mass is 16.6. The molecule has 186 valence electrons. The van der Waals surface area contributed by atoms with Gasteiger partial charge in [0.1, 0.15) is 11.6 Å². The molecule has 35 heavy (non-hydrogen) atoms. The molecular formula is C29H36N2O4. The zero-order valence-corrected chi connectivity index (χ0v) is 20.9. The number of aliphatic carboxylic acids is 1. The minimum Gasteiger partial charge on any atom is -0.480 e. The van der Waals surface area contributed by atoms with Crippen LogP contribution in [0, 0.1) is 5.41 Å². The van der Waals surface area contributed by atoms with Gasteiger partial charge in [-0.1, -0.05) is 54.6 Å². The summed E-state index contributed by atoms with van der Waals surface area (Å²) in [5, 5.41) is 9.98. The fraction of sp³-hybridized carbons (Fsp3) is 0.517. The Bertz CT molecular complexity index is 1090. The molecule has 0 radical (unpaired) electrons. The van der Waals surface area contributed by atoms with Gasteiger partial charge in [-0.2, -0.15) is 0 Å². The van der Waals surface area contributed by atoms with E-state index in [0.717, 1.165) is 24.8 Å². The van der Waals surface area contributed by atoms with Crippen LogP contribution in [0.2, 0.25) is 0 Å². The molecule has 2 aromatic rings. The molecule has 1 aliphatic heterocycles. The number of ether oxygens (including phenoxy) is 1. The van der Waals surface area contributed by atoms with Crippen LogP contribution in [0.5, 0.6) is 0 Å². The molecule has 0 spiro atoms. The van der Waals surface area contributed by atoms with Crippen molar-refractivity contribution in [3.05, 3.63) is 71.3 Å². The van der Waals surface area contributed by atoms with Crippen LogP contribution < -0.4 is 0 Å². The number of carboxylic acid groups (broad SMARTS) is 1. The lowest BCUT2D eigenvalue weighted by Crippen LogP contribution is -2.50. The molecular weight excluding hydrogens is 440 g/mol. The Morgan fingerprint density at radius 3 is 2.34 bits per heavy atom. The molecule has 1 unspecified atom stereocenters. The number of carbonyl (C=O) groups excluding carboxylic acids is 1. The maximum atomic E-state index is 13.3.